The van der Waals surface area contributed by atoms with E-state index in [2.05, 4.69) is 4.74 Å². The minimum atomic E-state index is -1.23. The fourth-order valence-electron chi connectivity index (χ4n) is 0.420. The standard InChI is InChI=1S/C6H8O5.C3H6O3/c1-4(7)11-6(10)3-2-5(8)9;1-2(4)3(5)6/h2-3H2,1H3,(H,8,9);2,4H,1H3,(H,5,6). The Morgan fingerprint density at radius 1 is 1.12 bits per heavy atom. The Hall–Kier alpha value is -1.96. The third-order valence-electron chi connectivity index (χ3n) is 1.16. The second-order valence-corrected chi connectivity index (χ2v) is 2.87. The molecule has 0 aromatic carbocycles. The maximum Gasteiger partial charge on any atom is 0.332 e. The van der Waals surface area contributed by atoms with Gasteiger partial charge in [0, 0.05) is 6.92 Å². The van der Waals surface area contributed by atoms with Crippen LogP contribution < -0.4 is 0 Å². The zero-order chi connectivity index (χ0) is 14.0. The number of rotatable bonds is 4. The van der Waals surface area contributed by atoms with E-state index in [4.69, 9.17) is 15.3 Å². The van der Waals surface area contributed by atoms with Gasteiger partial charge in [-0.2, -0.15) is 0 Å². The molecule has 0 aliphatic heterocycles. The van der Waals surface area contributed by atoms with Gasteiger partial charge in [0.25, 0.3) is 0 Å². The first-order valence-corrected chi connectivity index (χ1v) is 4.50. The predicted molar refractivity (Wildman–Crippen MR) is 53.0 cm³/mol. The Morgan fingerprint density at radius 3 is 1.76 bits per heavy atom. The lowest BCUT2D eigenvalue weighted by atomic mass is 10.3. The van der Waals surface area contributed by atoms with Crippen molar-refractivity contribution in [1.29, 1.82) is 0 Å². The molecule has 0 saturated heterocycles. The molecule has 17 heavy (non-hydrogen) atoms. The maximum atomic E-state index is 10.5. The van der Waals surface area contributed by atoms with Gasteiger partial charge < -0.3 is 20.1 Å². The molecule has 3 N–H and O–H groups in total. The molecule has 0 heterocycles. The number of hydrogen-bond acceptors (Lipinski definition) is 6. The van der Waals surface area contributed by atoms with Gasteiger partial charge in [-0.15, -0.1) is 0 Å². The molecule has 0 rings (SSSR count). The SMILES string of the molecule is CC(=O)OC(=O)CCC(=O)O.CC(O)C(=O)O. The van der Waals surface area contributed by atoms with Gasteiger partial charge in [-0.1, -0.05) is 0 Å². The van der Waals surface area contributed by atoms with Crippen molar-refractivity contribution in [3.05, 3.63) is 0 Å². The molecule has 1 atom stereocenters. The number of esters is 2. The molecule has 0 aliphatic rings. The monoisotopic (exact) mass is 250 g/mol. The lowest BCUT2D eigenvalue weighted by Crippen LogP contribution is -2.13. The van der Waals surface area contributed by atoms with Crippen molar-refractivity contribution >= 4 is 23.9 Å². The number of hydrogen-bond donors (Lipinski definition) is 3. The van der Waals surface area contributed by atoms with Crippen LogP contribution in [0.1, 0.15) is 26.7 Å². The van der Waals surface area contributed by atoms with Gasteiger partial charge in [0.1, 0.15) is 6.10 Å². The number of carbonyl (C=O) groups is 4. The normalized spacial score (nSPS) is 10.5. The van der Waals surface area contributed by atoms with E-state index < -0.39 is 30.0 Å². The van der Waals surface area contributed by atoms with Crippen molar-refractivity contribution in [2.45, 2.75) is 32.8 Å². The summed E-state index contributed by atoms with van der Waals surface area (Å²) in [6.07, 6.45) is -1.81. The van der Waals surface area contributed by atoms with E-state index in [-0.39, 0.29) is 12.8 Å². The summed E-state index contributed by atoms with van der Waals surface area (Å²) in [5, 5.41) is 23.9. The first-order valence-electron chi connectivity index (χ1n) is 4.50. The fraction of sp³-hybridized carbons (Fsp3) is 0.556. The average Bonchev–Trinajstić information content (AvgIpc) is 2.14. The second kappa shape index (κ2) is 9.28. The average molecular weight is 250 g/mol. The van der Waals surface area contributed by atoms with Crippen LogP contribution in [0.2, 0.25) is 0 Å². The molecule has 0 fully saturated rings. The van der Waals surface area contributed by atoms with Gasteiger partial charge >= 0.3 is 23.9 Å². The molecule has 0 bridgehead atoms. The van der Waals surface area contributed by atoms with Crippen molar-refractivity contribution < 1.29 is 39.2 Å². The molecular weight excluding hydrogens is 236 g/mol. The molecule has 0 saturated carbocycles. The van der Waals surface area contributed by atoms with Crippen molar-refractivity contribution in [3.8, 4) is 0 Å². The minimum Gasteiger partial charge on any atom is -0.481 e. The summed E-state index contributed by atoms with van der Waals surface area (Å²) >= 11 is 0. The van der Waals surface area contributed by atoms with E-state index in [0.717, 1.165) is 6.92 Å². The topological polar surface area (TPSA) is 138 Å². The van der Waals surface area contributed by atoms with Crippen LogP contribution in [0.25, 0.3) is 0 Å². The van der Waals surface area contributed by atoms with Crippen LogP contribution in [0, 0.1) is 0 Å². The van der Waals surface area contributed by atoms with E-state index in [1.54, 1.807) is 0 Å². The Morgan fingerprint density at radius 2 is 1.53 bits per heavy atom. The van der Waals surface area contributed by atoms with E-state index in [1.165, 1.54) is 6.92 Å². The van der Waals surface area contributed by atoms with Crippen LogP contribution in [0.15, 0.2) is 0 Å². The molecule has 8 heteroatoms. The molecule has 0 aromatic heterocycles. The van der Waals surface area contributed by atoms with E-state index in [1.807, 2.05) is 0 Å². The van der Waals surface area contributed by atoms with E-state index >= 15 is 0 Å². The highest BCUT2D eigenvalue weighted by Gasteiger charge is 2.07. The number of carbonyl (C=O) groups excluding carboxylic acids is 2. The van der Waals surface area contributed by atoms with Crippen molar-refractivity contribution in [2.75, 3.05) is 0 Å². The second-order valence-electron chi connectivity index (χ2n) is 2.87. The third-order valence-corrected chi connectivity index (χ3v) is 1.16. The van der Waals surface area contributed by atoms with Gasteiger partial charge in [-0.25, -0.2) is 4.79 Å². The summed E-state index contributed by atoms with van der Waals surface area (Å²) < 4.78 is 4.06. The zero-order valence-corrected chi connectivity index (χ0v) is 9.37. The van der Waals surface area contributed by atoms with Crippen molar-refractivity contribution in [2.24, 2.45) is 0 Å². The summed E-state index contributed by atoms with van der Waals surface area (Å²) in [5.41, 5.74) is 0. The molecule has 0 amide bonds. The van der Waals surface area contributed by atoms with Crippen LogP contribution in [0.5, 0.6) is 0 Å². The van der Waals surface area contributed by atoms with Crippen LogP contribution in [0.3, 0.4) is 0 Å². The Kier molecular flexibility index (Phi) is 9.52. The lowest BCUT2D eigenvalue weighted by Gasteiger charge is -1.95. The number of carboxylic acids is 2. The molecule has 1 unspecified atom stereocenters. The summed E-state index contributed by atoms with van der Waals surface area (Å²) in [5.74, 6) is -3.80. The predicted octanol–water partition coefficient (Wildman–Crippen LogP) is -0.607. The van der Waals surface area contributed by atoms with Gasteiger partial charge in [-0.3, -0.25) is 14.4 Å². The highest BCUT2D eigenvalue weighted by atomic mass is 16.6. The van der Waals surface area contributed by atoms with Crippen molar-refractivity contribution in [3.63, 3.8) is 0 Å². The smallest absolute Gasteiger partial charge is 0.332 e. The molecular formula is C9H14O8. The molecule has 0 spiro atoms. The van der Waals surface area contributed by atoms with E-state index in [0.29, 0.717) is 0 Å². The van der Waals surface area contributed by atoms with Crippen LogP contribution in [0.4, 0.5) is 0 Å². The highest BCUT2D eigenvalue weighted by molar-refractivity contribution is 5.85. The first-order chi connectivity index (χ1) is 7.66. The fourth-order valence-corrected chi connectivity index (χ4v) is 0.420. The van der Waals surface area contributed by atoms with Gasteiger partial charge in [0.15, 0.2) is 0 Å². The quantitative estimate of drug-likeness (QED) is 0.443. The summed E-state index contributed by atoms with van der Waals surface area (Å²) in [6, 6.07) is 0. The van der Waals surface area contributed by atoms with Crippen molar-refractivity contribution in [1.82, 2.24) is 0 Å². The van der Waals surface area contributed by atoms with Gasteiger partial charge in [0.05, 0.1) is 12.8 Å². The summed E-state index contributed by atoms with van der Waals surface area (Å²) in [7, 11) is 0. The van der Waals surface area contributed by atoms with E-state index in [9.17, 15) is 19.2 Å². The number of aliphatic carboxylic acids is 2. The third kappa shape index (κ3) is 16.7. The summed E-state index contributed by atoms with van der Waals surface area (Å²) in [6.45, 7) is 2.28. The Bertz CT molecular complexity index is 293. The van der Waals surface area contributed by atoms with Gasteiger partial charge in [-0.05, 0) is 6.92 Å². The number of carboxylic acid groups (broad SMARTS) is 2. The number of aliphatic hydroxyl groups is 1. The highest BCUT2D eigenvalue weighted by Crippen LogP contribution is 1.92. The van der Waals surface area contributed by atoms with Crippen LogP contribution in [-0.4, -0.2) is 45.3 Å². The maximum absolute atomic E-state index is 10.5. The first kappa shape index (κ1) is 17.4. The summed E-state index contributed by atoms with van der Waals surface area (Å²) in [4.78, 5) is 39.9. The number of ether oxygens (including phenoxy) is 1. The van der Waals surface area contributed by atoms with Crippen LogP contribution in [-0.2, 0) is 23.9 Å². The Labute approximate surface area is 96.8 Å². The molecule has 0 radical (unpaired) electrons. The van der Waals surface area contributed by atoms with Crippen LogP contribution >= 0.6 is 0 Å². The lowest BCUT2D eigenvalue weighted by molar-refractivity contribution is -0.159. The largest absolute Gasteiger partial charge is 0.481 e. The Balaban J connectivity index is 0. The zero-order valence-electron chi connectivity index (χ0n) is 9.37. The number of aliphatic hydroxyl groups excluding tert-OH is 1. The van der Waals surface area contributed by atoms with Gasteiger partial charge in [0.2, 0.25) is 0 Å². The molecule has 0 aliphatic carbocycles. The molecule has 8 nitrogen and oxygen atoms in total. The molecule has 0 aromatic rings. The molecule has 98 valence electrons. The minimum absolute atomic E-state index is 0.269.